The number of anilines is 2. The first-order valence-corrected chi connectivity index (χ1v) is 11.3. The number of aromatic nitrogens is 3. The van der Waals surface area contributed by atoms with Crippen molar-refractivity contribution in [3.8, 4) is 5.75 Å². The van der Waals surface area contributed by atoms with Gasteiger partial charge in [0.05, 0.1) is 25.2 Å². The summed E-state index contributed by atoms with van der Waals surface area (Å²) in [5, 5.41) is 12.2. The summed E-state index contributed by atoms with van der Waals surface area (Å²) in [5.74, 6) is 2.32. The average molecular weight is 442 g/mol. The number of carbonyl (C=O) groups excluding carboxylic acids is 1. The zero-order valence-electron chi connectivity index (χ0n) is 17.8. The van der Waals surface area contributed by atoms with Gasteiger partial charge in [-0.15, -0.1) is 10.2 Å². The molecule has 1 N–H and O–H groups in total. The van der Waals surface area contributed by atoms with Crippen LogP contribution in [-0.4, -0.2) is 46.1 Å². The van der Waals surface area contributed by atoms with Crippen LogP contribution in [0.5, 0.6) is 5.75 Å². The highest BCUT2D eigenvalue weighted by atomic mass is 32.2. The fourth-order valence-corrected chi connectivity index (χ4v) is 4.37. The van der Waals surface area contributed by atoms with Crippen LogP contribution in [0.15, 0.2) is 52.2 Å². The summed E-state index contributed by atoms with van der Waals surface area (Å²) in [5.41, 5.74) is 0.726. The van der Waals surface area contributed by atoms with Gasteiger partial charge in [-0.25, -0.2) is 0 Å². The Morgan fingerprint density at radius 1 is 1.19 bits per heavy atom. The lowest BCUT2D eigenvalue weighted by Crippen LogP contribution is -2.32. The minimum Gasteiger partial charge on any atom is -0.497 e. The molecule has 1 aliphatic rings. The molecule has 4 rings (SSSR count). The molecule has 0 saturated carbocycles. The molecule has 1 aromatic carbocycles. The Morgan fingerprint density at radius 3 is 2.65 bits per heavy atom. The predicted molar refractivity (Wildman–Crippen MR) is 121 cm³/mol. The average Bonchev–Trinajstić information content (AvgIpc) is 3.45. The molecule has 3 heterocycles. The van der Waals surface area contributed by atoms with Gasteiger partial charge in [0.25, 0.3) is 0 Å². The van der Waals surface area contributed by atoms with E-state index in [1.54, 1.807) is 13.4 Å². The lowest BCUT2D eigenvalue weighted by Gasteiger charge is -2.27. The maximum absolute atomic E-state index is 12.8. The zero-order valence-corrected chi connectivity index (χ0v) is 18.6. The number of ether oxygens (including phenoxy) is 1. The lowest BCUT2D eigenvalue weighted by atomic mass is 10.1. The SMILES string of the molecule is COc1ccc(NC(=O)C(C)Sc2nnc(N3CCCCC3)n2Cc2ccco2)cc1. The van der Waals surface area contributed by atoms with Gasteiger partial charge in [0.1, 0.15) is 11.5 Å². The van der Waals surface area contributed by atoms with Gasteiger partial charge in [0.15, 0.2) is 5.16 Å². The van der Waals surface area contributed by atoms with E-state index in [1.807, 2.05) is 47.9 Å². The Kier molecular flexibility index (Phi) is 6.81. The van der Waals surface area contributed by atoms with Crippen molar-refractivity contribution in [2.75, 3.05) is 30.4 Å². The molecule has 1 amide bonds. The molecule has 0 spiro atoms. The van der Waals surface area contributed by atoms with E-state index in [4.69, 9.17) is 9.15 Å². The third kappa shape index (κ3) is 5.22. The topological polar surface area (TPSA) is 85.4 Å². The first-order valence-electron chi connectivity index (χ1n) is 10.5. The third-order valence-electron chi connectivity index (χ3n) is 5.24. The number of carbonyl (C=O) groups is 1. The number of piperidine rings is 1. The molecule has 2 aromatic heterocycles. The summed E-state index contributed by atoms with van der Waals surface area (Å²) < 4.78 is 12.8. The molecule has 1 aliphatic heterocycles. The minimum atomic E-state index is -0.351. The largest absolute Gasteiger partial charge is 0.497 e. The molecule has 8 nitrogen and oxygen atoms in total. The van der Waals surface area contributed by atoms with Crippen molar-refractivity contribution in [3.05, 3.63) is 48.4 Å². The third-order valence-corrected chi connectivity index (χ3v) is 6.32. The number of furan rings is 1. The standard InChI is InChI=1S/C22H27N5O3S/c1-16(20(28)23-17-8-10-18(29-2)11-9-17)31-22-25-24-21(26-12-4-3-5-13-26)27(22)15-19-7-6-14-30-19/h6-11,14,16H,3-5,12-13,15H2,1-2H3,(H,23,28). The molecule has 3 aromatic rings. The molecule has 1 fully saturated rings. The van der Waals surface area contributed by atoms with E-state index < -0.39 is 0 Å². The van der Waals surface area contributed by atoms with Crippen LogP contribution in [0.1, 0.15) is 31.9 Å². The second-order valence-corrected chi connectivity index (χ2v) is 8.78. The van der Waals surface area contributed by atoms with Crippen molar-refractivity contribution < 1.29 is 13.9 Å². The Balaban J connectivity index is 1.49. The number of hydrogen-bond acceptors (Lipinski definition) is 7. The van der Waals surface area contributed by atoms with Crippen molar-refractivity contribution in [2.24, 2.45) is 0 Å². The van der Waals surface area contributed by atoms with E-state index in [0.717, 1.165) is 49.1 Å². The van der Waals surface area contributed by atoms with E-state index in [0.29, 0.717) is 11.7 Å². The minimum absolute atomic E-state index is 0.0952. The molecular formula is C22H27N5O3S. The fraction of sp³-hybridized carbons (Fsp3) is 0.409. The number of rotatable bonds is 8. The van der Waals surface area contributed by atoms with Crippen molar-refractivity contribution in [1.82, 2.24) is 14.8 Å². The van der Waals surface area contributed by atoms with Gasteiger partial charge in [0.2, 0.25) is 11.9 Å². The Hall–Kier alpha value is -2.94. The summed E-state index contributed by atoms with van der Waals surface area (Å²) >= 11 is 1.40. The maximum atomic E-state index is 12.8. The molecule has 9 heteroatoms. The Morgan fingerprint density at radius 2 is 1.97 bits per heavy atom. The molecule has 0 bridgehead atoms. The zero-order chi connectivity index (χ0) is 21.6. The first-order chi connectivity index (χ1) is 15.1. The number of methoxy groups -OCH3 is 1. The van der Waals surface area contributed by atoms with Crippen LogP contribution < -0.4 is 15.0 Å². The van der Waals surface area contributed by atoms with Gasteiger partial charge < -0.3 is 19.4 Å². The van der Waals surface area contributed by atoms with Crippen LogP contribution in [0.2, 0.25) is 0 Å². The molecule has 31 heavy (non-hydrogen) atoms. The van der Waals surface area contributed by atoms with E-state index in [2.05, 4.69) is 20.4 Å². The van der Waals surface area contributed by atoms with Gasteiger partial charge in [-0.1, -0.05) is 11.8 Å². The first kappa shape index (κ1) is 21.3. The highest BCUT2D eigenvalue weighted by Crippen LogP contribution is 2.29. The molecule has 1 atom stereocenters. The van der Waals surface area contributed by atoms with Crippen LogP contribution in [0.4, 0.5) is 11.6 Å². The summed E-state index contributed by atoms with van der Waals surface area (Å²) in [6.07, 6.45) is 5.21. The molecule has 1 saturated heterocycles. The summed E-state index contributed by atoms with van der Waals surface area (Å²) in [7, 11) is 1.61. The van der Waals surface area contributed by atoms with E-state index in [9.17, 15) is 4.79 Å². The highest BCUT2D eigenvalue weighted by molar-refractivity contribution is 8.00. The second-order valence-electron chi connectivity index (χ2n) is 7.47. The van der Waals surface area contributed by atoms with Crippen LogP contribution in [0, 0.1) is 0 Å². The number of amides is 1. The predicted octanol–water partition coefficient (Wildman–Crippen LogP) is 4.04. The number of nitrogens with zero attached hydrogens (tertiary/aromatic N) is 4. The lowest BCUT2D eigenvalue weighted by molar-refractivity contribution is -0.115. The van der Waals surface area contributed by atoms with Crippen LogP contribution >= 0.6 is 11.8 Å². The molecule has 0 radical (unpaired) electrons. The normalized spacial score (nSPS) is 15.0. The van der Waals surface area contributed by atoms with E-state index >= 15 is 0 Å². The number of hydrogen-bond donors (Lipinski definition) is 1. The Bertz CT molecular complexity index is 981. The van der Waals surface area contributed by atoms with Gasteiger partial charge in [-0.2, -0.15) is 0 Å². The van der Waals surface area contributed by atoms with Crippen molar-refractivity contribution in [2.45, 2.75) is 43.1 Å². The Labute approximate surface area is 186 Å². The summed E-state index contributed by atoms with van der Waals surface area (Å²) in [6.45, 7) is 4.33. The highest BCUT2D eigenvalue weighted by Gasteiger charge is 2.24. The van der Waals surface area contributed by atoms with Crippen molar-refractivity contribution >= 4 is 29.3 Å². The van der Waals surface area contributed by atoms with Crippen molar-refractivity contribution in [3.63, 3.8) is 0 Å². The summed E-state index contributed by atoms with van der Waals surface area (Å²) in [6, 6.07) is 11.1. The fourth-order valence-electron chi connectivity index (χ4n) is 3.52. The number of nitrogens with one attached hydrogen (secondary N) is 1. The molecule has 0 aliphatic carbocycles. The van der Waals surface area contributed by atoms with Gasteiger partial charge in [0, 0.05) is 18.8 Å². The van der Waals surface area contributed by atoms with Gasteiger partial charge >= 0.3 is 0 Å². The van der Waals surface area contributed by atoms with Gasteiger partial charge in [-0.3, -0.25) is 9.36 Å². The van der Waals surface area contributed by atoms with Crippen LogP contribution in [-0.2, 0) is 11.3 Å². The maximum Gasteiger partial charge on any atom is 0.237 e. The van der Waals surface area contributed by atoms with Crippen LogP contribution in [0.25, 0.3) is 0 Å². The molecular weight excluding hydrogens is 414 g/mol. The quantitative estimate of drug-likeness (QED) is 0.528. The monoisotopic (exact) mass is 441 g/mol. The number of thioether (sulfide) groups is 1. The number of benzene rings is 1. The summed E-state index contributed by atoms with van der Waals surface area (Å²) in [4.78, 5) is 15.0. The molecule has 164 valence electrons. The van der Waals surface area contributed by atoms with Gasteiger partial charge in [-0.05, 0) is 62.6 Å². The van der Waals surface area contributed by atoms with E-state index in [1.165, 1.54) is 18.2 Å². The van der Waals surface area contributed by atoms with Crippen molar-refractivity contribution in [1.29, 1.82) is 0 Å². The van der Waals surface area contributed by atoms with Crippen LogP contribution in [0.3, 0.4) is 0 Å². The molecule has 1 unspecified atom stereocenters. The second kappa shape index (κ2) is 9.91. The smallest absolute Gasteiger partial charge is 0.237 e. The van der Waals surface area contributed by atoms with E-state index in [-0.39, 0.29) is 11.2 Å².